The topological polar surface area (TPSA) is 122 Å². The molecule has 10 nitrogen and oxygen atoms in total. The third-order valence-electron chi connectivity index (χ3n) is 11.3. The van der Waals surface area contributed by atoms with Crippen molar-refractivity contribution in [2.24, 2.45) is 29.6 Å². The van der Waals surface area contributed by atoms with E-state index in [1.54, 1.807) is 19.1 Å². The molecule has 0 radical (unpaired) electrons. The predicted octanol–water partition coefficient (Wildman–Crippen LogP) is 5.57. The van der Waals surface area contributed by atoms with Gasteiger partial charge < -0.3 is 20.2 Å². The van der Waals surface area contributed by atoms with Crippen molar-refractivity contribution in [1.82, 2.24) is 25.6 Å². The SMILES string of the molecule is CCCCN(CC(O)C(CC1CC(F)CC(F)C1)NC(=O)C1CC(C(=O)N(C)C)CC(C(=O)N(CCC)CCC)C1)NC(=O)CC1CCCCC1. The summed E-state index contributed by atoms with van der Waals surface area (Å²) in [6.45, 7) is 7.86. The molecule has 0 aromatic rings. The highest BCUT2D eigenvalue weighted by Crippen LogP contribution is 2.37. The molecule has 12 heteroatoms. The summed E-state index contributed by atoms with van der Waals surface area (Å²) in [7, 11) is 3.35. The highest BCUT2D eigenvalue weighted by atomic mass is 19.1. The normalized spacial score (nSPS) is 27.0. The van der Waals surface area contributed by atoms with Gasteiger partial charge in [-0.05, 0) is 82.5 Å². The van der Waals surface area contributed by atoms with Gasteiger partial charge in [-0.3, -0.25) is 24.6 Å². The molecule has 3 aliphatic carbocycles. The van der Waals surface area contributed by atoms with Gasteiger partial charge in [0.05, 0.1) is 12.1 Å². The average Bonchev–Trinajstić information content (AvgIpc) is 3.09. The van der Waals surface area contributed by atoms with Gasteiger partial charge in [0.25, 0.3) is 0 Å². The Labute approximate surface area is 306 Å². The molecule has 7 atom stereocenters. The van der Waals surface area contributed by atoms with Gasteiger partial charge in [0.2, 0.25) is 23.6 Å². The zero-order chi connectivity index (χ0) is 37.5. The molecule has 4 amide bonds. The third-order valence-corrected chi connectivity index (χ3v) is 11.3. The van der Waals surface area contributed by atoms with Crippen LogP contribution in [0.4, 0.5) is 8.78 Å². The second kappa shape index (κ2) is 22.0. The maximum Gasteiger partial charge on any atom is 0.234 e. The van der Waals surface area contributed by atoms with Crippen LogP contribution >= 0.6 is 0 Å². The number of alkyl halides is 2. The largest absolute Gasteiger partial charge is 0.390 e. The van der Waals surface area contributed by atoms with Crippen molar-refractivity contribution in [1.29, 1.82) is 0 Å². The molecule has 0 aromatic heterocycles. The molecule has 294 valence electrons. The lowest BCUT2D eigenvalue weighted by Crippen LogP contribution is -2.55. The van der Waals surface area contributed by atoms with Crippen LogP contribution < -0.4 is 10.7 Å². The summed E-state index contributed by atoms with van der Waals surface area (Å²) in [6.07, 6.45) is 6.83. The average molecular weight is 726 g/mol. The van der Waals surface area contributed by atoms with E-state index in [2.05, 4.69) is 10.7 Å². The van der Waals surface area contributed by atoms with Crippen LogP contribution in [0, 0.1) is 29.6 Å². The van der Waals surface area contributed by atoms with Gasteiger partial charge in [0.1, 0.15) is 12.3 Å². The molecular weight excluding hydrogens is 656 g/mol. The van der Waals surface area contributed by atoms with Crippen LogP contribution in [0.2, 0.25) is 0 Å². The minimum atomic E-state index is -1.29. The van der Waals surface area contributed by atoms with Crippen molar-refractivity contribution in [3.05, 3.63) is 0 Å². The molecule has 3 N–H and O–H groups in total. The van der Waals surface area contributed by atoms with E-state index in [4.69, 9.17) is 0 Å². The molecule has 0 spiro atoms. The Bertz CT molecular complexity index is 1080. The maximum atomic E-state index is 14.5. The fourth-order valence-electron chi connectivity index (χ4n) is 8.66. The van der Waals surface area contributed by atoms with E-state index in [1.807, 2.05) is 25.7 Å². The Hall–Kier alpha value is -2.34. The molecule has 3 aliphatic rings. The van der Waals surface area contributed by atoms with Gasteiger partial charge >= 0.3 is 0 Å². The molecule has 0 saturated heterocycles. The Morgan fingerprint density at radius 3 is 1.90 bits per heavy atom. The van der Waals surface area contributed by atoms with Gasteiger partial charge in [0.15, 0.2) is 0 Å². The number of amides is 4. The third kappa shape index (κ3) is 14.2. The monoisotopic (exact) mass is 726 g/mol. The first-order valence-electron chi connectivity index (χ1n) is 20.2. The molecule has 0 aromatic carbocycles. The van der Waals surface area contributed by atoms with Crippen LogP contribution in [0.3, 0.4) is 0 Å². The van der Waals surface area contributed by atoms with E-state index in [0.29, 0.717) is 38.4 Å². The molecule has 51 heavy (non-hydrogen) atoms. The van der Waals surface area contributed by atoms with Gasteiger partial charge in [-0.2, -0.15) is 0 Å². The summed E-state index contributed by atoms with van der Waals surface area (Å²) in [5.74, 6) is -2.30. The van der Waals surface area contributed by atoms with Crippen LogP contribution in [0.5, 0.6) is 0 Å². The van der Waals surface area contributed by atoms with Gasteiger partial charge in [-0.25, -0.2) is 13.8 Å². The number of rotatable bonds is 19. The number of unbranched alkanes of at least 4 members (excludes halogenated alkanes) is 1. The second-order valence-electron chi connectivity index (χ2n) is 16.1. The van der Waals surface area contributed by atoms with E-state index in [-0.39, 0.29) is 74.6 Å². The van der Waals surface area contributed by atoms with E-state index >= 15 is 0 Å². The van der Waals surface area contributed by atoms with Crippen molar-refractivity contribution >= 4 is 23.6 Å². The number of hydrogen-bond donors (Lipinski definition) is 3. The molecule has 0 bridgehead atoms. The summed E-state index contributed by atoms with van der Waals surface area (Å²) in [6, 6.07) is -0.838. The van der Waals surface area contributed by atoms with Crippen LogP contribution in [0.1, 0.15) is 130 Å². The number of carbonyl (C=O) groups is 4. The highest BCUT2D eigenvalue weighted by molar-refractivity contribution is 5.86. The van der Waals surface area contributed by atoms with Crippen molar-refractivity contribution in [3.63, 3.8) is 0 Å². The maximum absolute atomic E-state index is 14.5. The molecule has 3 saturated carbocycles. The smallest absolute Gasteiger partial charge is 0.234 e. The Morgan fingerprint density at radius 2 is 1.33 bits per heavy atom. The molecule has 7 unspecified atom stereocenters. The Balaban J connectivity index is 1.81. The first kappa shape index (κ1) is 43.1. The fraction of sp³-hybridized carbons (Fsp3) is 0.897. The molecule has 0 aliphatic heterocycles. The fourth-order valence-corrected chi connectivity index (χ4v) is 8.66. The van der Waals surface area contributed by atoms with Crippen LogP contribution in [-0.2, 0) is 19.2 Å². The van der Waals surface area contributed by atoms with E-state index < -0.39 is 42.2 Å². The molecule has 3 fully saturated rings. The first-order chi connectivity index (χ1) is 24.3. The first-order valence-corrected chi connectivity index (χ1v) is 20.2. The molecule has 0 heterocycles. The second-order valence-corrected chi connectivity index (χ2v) is 16.1. The minimum absolute atomic E-state index is 0.0370. The summed E-state index contributed by atoms with van der Waals surface area (Å²) in [5, 5.41) is 16.5. The quantitative estimate of drug-likeness (QED) is 0.150. The van der Waals surface area contributed by atoms with Crippen molar-refractivity contribution in [3.8, 4) is 0 Å². The Kier molecular flexibility index (Phi) is 18.6. The number of halogens is 2. The van der Waals surface area contributed by atoms with Gasteiger partial charge in [0, 0.05) is 70.9 Å². The lowest BCUT2D eigenvalue weighted by atomic mass is 9.73. The summed E-state index contributed by atoms with van der Waals surface area (Å²) < 4.78 is 29.1. The van der Waals surface area contributed by atoms with Gasteiger partial charge in [-0.15, -0.1) is 0 Å². The lowest BCUT2D eigenvalue weighted by molar-refractivity contribution is -0.143. The van der Waals surface area contributed by atoms with E-state index in [9.17, 15) is 33.1 Å². The highest BCUT2D eigenvalue weighted by Gasteiger charge is 2.42. The molecular formula is C39H69F2N5O5. The molecule has 3 rings (SSSR count). The van der Waals surface area contributed by atoms with Gasteiger partial charge in [-0.1, -0.05) is 46.5 Å². The number of nitrogens with one attached hydrogen (secondary N) is 2. The van der Waals surface area contributed by atoms with E-state index in [0.717, 1.165) is 51.4 Å². The number of aliphatic hydroxyl groups is 1. The predicted molar refractivity (Wildman–Crippen MR) is 196 cm³/mol. The standard InChI is InChI=1S/C39H69F2N5O5/c1-6-9-17-46(43-36(48)21-27-13-11-10-12-14-27)26-35(47)34(20-28-18-32(40)25-33(41)19-28)42-37(49)29-22-30(38(50)44(4)5)24-31(23-29)39(51)45(15-7-2)16-8-3/h27-35,47H,6-26H2,1-5H3,(H,42,49)(H,43,48). The number of hydrogen-bond acceptors (Lipinski definition) is 6. The van der Waals surface area contributed by atoms with Crippen LogP contribution in [-0.4, -0.2) is 108 Å². The van der Waals surface area contributed by atoms with E-state index in [1.165, 1.54) is 11.3 Å². The van der Waals surface area contributed by atoms with Crippen molar-refractivity contribution < 1.29 is 33.1 Å². The number of carbonyl (C=O) groups excluding carboxylic acids is 4. The number of hydrazine groups is 1. The minimum Gasteiger partial charge on any atom is -0.390 e. The zero-order valence-electron chi connectivity index (χ0n) is 32.2. The summed E-state index contributed by atoms with van der Waals surface area (Å²) >= 11 is 0. The van der Waals surface area contributed by atoms with Crippen LogP contribution in [0.15, 0.2) is 0 Å². The Morgan fingerprint density at radius 1 is 0.745 bits per heavy atom. The number of aliphatic hydroxyl groups excluding tert-OH is 1. The summed E-state index contributed by atoms with van der Waals surface area (Å²) in [5.41, 5.74) is 3.01. The number of nitrogens with zero attached hydrogens (tertiary/aromatic N) is 3. The van der Waals surface area contributed by atoms with Crippen molar-refractivity contribution in [2.45, 2.75) is 154 Å². The zero-order valence-corrected chi connectivity index (χ0v) is 32.2. The van der Waals surface area contributed by atoms with Crippen LogP contribution in [0.25, 0.3) is 0 Å². The van der Waals surface area contributed by atoms with Crippen molar-refractivity contribution in [2.75, 3.05) is 40.3 Å². The summed E-state index contributed by atoms with van der Waals surface area (Å²) in [4.78, 5) is 57.6. The lowest BCUT2D eigenvalue weighted by Gasteiger charge is -2.38.